The number of nitrogens with one attached hydrogen (secondary N) is 1. The van der Waals surface area contributed by atoms with Crippen molar-refractivity contribution in [3.05, 3.63) is 100 Å². The van der Waals surface area contributed by atoms with E-state index in [1.54, 1.807) is 19.3 Å². The number of fused-ring (bicyclic) bond motifs is 2. The van der Waals surface area contributed by atoms with Gasteiger partial charge in [0.15, 0.2) is 0 Å². The maximum absolute atomic E-state index is 13.4. The van der Waals surface area contributed by atoms with Crippen LogP contribution in [0, 0.1) is 13.8 Å². The molecule has 2 aliphatic rings. The number of likely N-dealkylation sites (tertiary alicyclic amines) is 1. The zero-order valence-corrected chi connectivity index (χ0v) is 21.2. The van der Waals surface area contributed by atoms with Crippen LogP contribution in [-0.4, -0.2) is 40.9 Å². The Morgan fingerprint density at radius 3 is 2.36 bits per heavy atom. The van der Waals surface area contributed by atoms with Gasteiger partial charge < -0.3 is 15.0 Å². The Morgan fingerprint density at radius 1 is 1.03 bits per heavy atom. The Kier molecular flexibility index (Phi) is 6.63. The molecule has 1 aliphatic heterocycles. The molecule has 1 N–H and O–H groups in total. The topological polar surface area (TPSA) is 71.5 Å². The second-order valence-corrected chi connectivity index (χ2v) is 10.2. The molecule has 6 nitrogen and oxygen atoms in total. The molecule has 5 rings (SSSR count). The minimum absolute atomic E-state index is 0.0770. The molecule has 1 aliphatic carbocycles. The molecule has 36 heavy (non-hydrogen) atoms. The standard InChI is InChI=1S/C30H33N3O3/c1-20-16-21(2)18-24(17-20)29(35)33-14-10-30(11-15-33)26-7-5-4-6-25(26)27(32-22(3)34)28(30)36-19-23-8-12-31-13-9-23/h4-9,12-13,16-18,27-28H,10-11,14-15,19H2,1-3H3,(H,32,34)/t27-,28+/m1/s1. The van der Waals surface area contributed by atoms with Gasteiger partial charge in [0.2, 0.25) is 5.91 Å². The normalized spacial score (nSPS) is 20.2. The van der Waals surface area contributed by atoms with Gasteiger partial charge in [0.1, 0.15) is 0 Å². The van der Waals surface area contributed by atoms with Gasteiger partial charge in [-0.05, 0) is 67.6 Å². The number of hydrogen-bond acceptors (Lipinski definition) is 4. The summed E-state index contributed by atoms with van der Waals surface area (Å²) in [5.41, 5.74) is 6.04. The summed E-state index contributed by atoms with van der Waals surface area (Å²) in [6.07, 6.45) is 4.85. The van der Waals surface area contributed by atoms with Gasteiger partial charge in [-0.3, -0.25) is 14.6 Å². The lowest BCUT2D eigenvalue weighted by Crippen LogP contribution is -2.51. The molecule has 1 saturated heterocycles. The van der Waals surface area contributed by atoms with Gasteiger partial charge in [-0.1, -0.05) is 41.5 Å². The van der Waals surface area contributed by atoms with Crippen molar-refractivity contribution in [2.24, 2.45) is 0 Å². The number of aromatic nitrogens is 1. The Labute approximate surface area is 212 Å². The third kappa shape index (κ3) is 4.53. The average Bonchev–Trinajstić information content (AvgIpc) is 3.11. The Morgan fingerprint density at radius 2 is 1.69 bits per heavy atom. The predicted octanol–water partition coefficient (Wildman–Crippen LogP) is 4.65. The number of nitrogens with zero attached hydrogens (tertiary/aromatic N) is 2. The molecule has 1 spiro atoms. The molecule has 2 aromatic carbocycles. The van der Waals surface area contributed by atoms with Crippen molar-refractivity contribution in [3.8, 4) is 0 Å². The van der Waals surface area contributed by atoms with Crippen LogP contribution >= 0.6 is 0 Å². The van der Waals surface area contributed by atoms with Crippen LogP contribution in [0.2, 0.25) is 0 Å². The van der Waals surface area contributed by atoms with Crippen LogP contribution in [0.3, 0.4) is 0 Å². The Bertz CT molecular complexity index is 1250. The first-order valence-electron chi connectivity index (χ1n) is 12.6. The zero-order chi connectivity index (χ0) is 25.3. The molecule has 186 valence electrons. The highest BCUT2D eigenvalue weighted by Crippen LogP contribution is 2.52. The number of hydrogen-bond donors (Lipinski definition) is 1. The fourth-order valence-electron chi connectivity index (χ4n) is 6.09. The van der Waals surface area contributed by atoms with Crippen molar-refractivity contribution in [1.82, 2.24) is 15.2 Å². The number of benzene rings is 2. The van der Waals surface area contributed by atoms with Gasteiger partial charge >= 0.3 is 0 Å². The van der Waals surface area contributed by atoms with Crippen LogP contribution in [0.4, 0.5) is 0 Å². The predicted molar refractivity (Wildman–Crippen MR) is 139 cm³/mol. The number of aryl methyl sites for hydroxylation is 2. The molecule has 3 aromatic rings. The van der Waals surface area contributed by atoms with E-state index in [2.05, 4.69) is 34.6 Å². The fourth-order valence-corrected chi connectivity index (χ4v) is 6.09. The fraction of sp³-hybridized carbons (Fsp3) is 0.367. The van der Waals surface area contributed by atoms with Gasteiger partial charge in [0, 0.05) is 43.4 Å². The number of carbonyl (C=O) groups is 2. The molecule has 2 atom stereocenters. The number of ether oxygens (including phenoxy) is 1. The molecule has 0 bridgehead atoms. The summed E-state index contributed by atoms with van der Waals surface area (Å²) in [5, 5.41) is 3.17. The molecule has 2 heterocycles. The van der Waals surface area contributed by atoms with Gasteiger partial charge in [-0.25, -0.2) is 0 Å². The Balaban J connectivity index is 1.44. The highest BCUT2D eigenvalue weighted by Gasteiger charge is 2.54. The lowest BCUT2D eigenvalue weighted by atomic mass is 9.71. The van der Waals surface area contributed by atoms with E-state index in [1.807, 2.05) is 49.1 Å². The maximum Gasteiger partial charge on any atom is 0.253 e. The van der Waals surface area contributed by atoms with Crippen molar-refractivity contribution in [2.75, 3.05) is 13.1 Å². The van der Waals surface area contributed by atoms with Crippen molar-refractivity contribution in [2.45, 2.75) is 57.8 Å². The molecule has 1 aromatic heterocycles. The smallest absolute Gasteiger partial charge is 0.253 e. The monoisotopic (exact) mass is 483 g/mol. The summed E-state index contributed by atoms with van der Waals surface area (Å²) in [6, 6.07) is 18.0. The second kappa shape index (κ2) is 9.86. The van der Waals surface area contributed by atoms with Crippen molar-refractivity contribution < 1.29 is 14.3 Å². The molecule has 0 unspecified atom stereocenters. The van der Waals surface area contributed by atoms with Crippen LogP contribution in [-0.2, 0) is 21.6 Å². The van der Waals surface area contributed by atoms with E-state index >= 15 is 0 Å². The number of piperidine rings is 1. The van der Waals surface area contributed by atoms with Crippen LogP contribution in [0.25, 0.3) is 0 Å². The van der Waals surface area contributed by atoms with Crippen molar-refractivity contribution >= 4 is 11.8 Å². The third-order valence-electron chi connectivity index (χ3n) is 7.63. The Hall–Kier alpha value is -3.51. The van der Waals surface area contributed by atoms with E-state index in [4.69, 9.17) is 4.74 Å². The molecule has 2 amide bonds. The summed E-state index contributed by atoms with van der Waals surface area (Å²) >= 11 is 0. The maximum atomic E-state index is 13.4. The molecule has 1 fully saturated rings. The van der Waals surface area contributed by atoms with Crippen molar-refractivity contribution in [3.63, 3.8) is 0 Å². The number of carbonyl (C=O) groups excluding carboxylic acids is 2. The zero-order valence-electron chi connectivity index (χ0n) is 21.2. The molecular formula is C30H33N3O3. The minimum atomic E-state index is -0.282. The lowest BCUT2D eigenvalue weighted by molar-refractivity contribution is -0.122. The first-order valence-corrected chi connectivity index (χ1v) is 12.6. The molecule has 6 heteroatoms. The van der Waals surface area contributed by atoms with E-state index in [1.165, 1.54) is 5.56 Å². The number of amides is 2. The average molecular weight is 484 g/mol. The van der Waals surface area contributed by atoms with E-state index in [-0.39, 0.29) is 29.4 Å². The minimum Gasteiger partial charge on any atom is -0.370 e. The third-order valence-corrected chi connectivity index (χ3v) is 7.63. The van der Waals surface area contributed by atoms with E-state index in [0.29, 0.717) is 19.7 Å². The summed E-state index contributed by atoms with van der Waals surface area (Å²) < 4.78 is 6.64. The molecule has 0 radical (unpaired) electrons. The highest BCUT2D eigenvalue weighted by atomic mass is 16.5. The van der Waals surface area contributed by atoms with Gasteiger partial charge in [-0.2, -0.15) is 0 Å². The van der Waals surface area contributed by atoms with Crippen LogP contribution in [0.1, 0.15) is 64.0 Å². The molecular weight excluding hydrogens is 450 g/mol. The SMILES string of the molecule is CC(=O)N[C@@H]1c2ccccc2C2(CCN(C(=O)c3cc(C)cc(C)c3)CC2)[C@H]1OCc1ccncc1. The summed E-state index contributed by atoms with van der Waals surface area (Å²) in [6.45, 7) is 7.32. The van der Waals surface area contributed by atoms with Gasteiger partial charge in [-0.15, -0.1) is 0 Å². The van der Waals surface area contributed by atoms with E-state index in [9.17, 15) is 9.59 Å². The quantitative estimate of drug-likeness (QED) is 0.574. The van der Waals surface area contributed by atoms with Gasteiger partial charge in [0.25, 0.3) is 5.91 Å². The summed E-state index contributed by atoms with van der Waals surface area (Å²) in [7, 11) is 0. The second-order valence-electron chi connectivity index (χ2n) is 10.2. The summed E-state index contributed by atoms with van der Waals surface area (Å²) in [5.74, 6) is 0.00221. The van der Waals surface area contributed by atoms with Crippen LogP contribution in [0.5, 0.6) is 0 Å². The summed E-state index contributed by atoms with van der Waals surface area (Å²) in [4.78, 5) is 31.7. The number of rotatable bonds is 5. The van der Waals surface area contributed by atoms with Gasteiger partial charge in [0.05, 0.1) is 18.8 Å². The first-order chi connectivity index (χ1) is 17.4. The van der Waals surface area contributed by atoms with Crippen LogP contribution < -0.4 is 5.32 Å². The highest BCUT2D eigenvalue weighted by molar-refractivity contribution is 5.94. The largest absolute Gasteiger partial charge is 0.370 e. The first kappa shape index (κ1) is 24.2. The lowest BCUT2D eigenvalue weighted by Gasteiger charge is -2.44. The molecule has 0 saturated carbocycles. The van der Waals surface area contributed by atoms with Crippen LogP contribution in [0.15, 0.2) is 67.0 Å². The van der Waals surface area contributed by atoms with E-state index in [0.717, 1.165) is 40.7 Å². The van der Waals surface area contributed by atoms with E-state index < -0.39 is 0 Å². The van der Waals surface area contributed by atoms with Crippen molar-refractivity contribution in [1.29, 1.82) is 0 Å². The number of pyridine rings is 1.